The van der Waals surface area contributed by atoms with Gasteiger partial charge in [-0.15, -0.1) is 0 Å². The fraction of sp³-hybridized carbons (Fsp3) is 0.520. The summed E-state index contributed by atoms with van der Waals surface area (Å²) in [5.41, 5.74) is 1.38. The summed E-state index contributed by atoms with van der Waals surface area (Å²) in [6.07, 6.45) is 5.86. The molecule has 38 heavy (non-hydrogen) atoms. The first-order valence-corrected chi connectivity index (χ1v) is 14.4. The summed E-state index contributed by atoms with van der Waals surface area (Å²) in [7, 11) is -1.57. The molecule has 0 spiro atoms. The molecule has 3 N–H and O–H groups in total. The Morgan fingerprint density at radius 3 is 2.71 bits per heavy atom. The number of aromatic nitrogens is 4. The summed E-state index contributed by atoms with van der Waals surface area (Å²) >= 11 is 0. The predicted molar refractivity (Wildman–Crippen MR) is 142 cm³/mol. The van der Waals surface area contributed by atoms with Crippen molar-refractivity contribution in [3.63, 3.8) is 0 Å². The normalized spacial score (nSPS) is 24.6. The van der Waals surface area contributed by atoms with E-state index in [1.165, 1.54) is 4.31 Å². The van der Waals surface area contributed by atoms with Gasteiger partial charge in [0, 0.05) is 62.0 Å². The number of rotatable bonds is 7. The van der Waals surface area contributed by atoms with E-state index in [2.05, 4.69) is 31.5 Å². The minimum atomic E-state index is -3.58. The largest absolute Gasteiger partial charge is 0.390 e. The van der Waals surface area contributed by atoms with Gasteiger partial charge in [-0.1, -0.05) is 6.42 Å². The maximum atomic E-state index is 13.5. The van der Waals surface area contributed by atoms with E-state index in [9.17, 15) is 13.5 Å². The van der Waals surface area contributed by atoms with Crippen LogP contribution in [0.2, 0.25) is 0 Å². The van der Waals surface area contributed by atoms with Crippen molar-refractivity contribution in [1.29, 1.82) is 5.26 Å². The molecule has 0 aromatic carbocycles. The topological polar surface area (TPSA) is 154 Å². The number of fused-ring (bicyclic) bond motifs is 3. The first kappa shape index (κ1) is 25.0. The highest BCUT2D eigenvalue weighted by Crippen LogP contribution is 2.41. The van der Waals surface area contributed by atoms with E-state index in [0.29, 0.717) is 30.2 Å². The van der Waals surface area contributed by atoms with Crippen LogP contribution >= 0.6 is 0 Å². The standard InChI is InChI=1S/C25H31N9O3S/c1-32(20-9-18-4-2-5-19(10-20)34(18)38(36,37)33-13-16(12-26)14-33)24-11-22-21(6-3-7-27-22)25(29-24)28-23-8-17(15-35)30-31-23/h3,6-8,11,16,18-20,35H,2,4-5,9-10,13-15H2,1H3,(H2,28,29,30,31)/t18-,19+,20-. The van der Waals surface area contributed by atoms with Crippen molar-refractivity contribution >= 4 is 38.6 Å². The molecule has 13 heteroatoms. The summed E-state index contributed by atoms with van der Waals surface area (Å²) in [5, 5.41) is 29.6. The van der Waals surface area contributed by atoms with E-state index in [1.807, 2.05) is 25.2 Å². The number of nitrogens with one attached hydrogen (secondary N) is 2. The summed E-state index contributed by atoms with van der Waals surface area (Å²) in [6.45, 7) is 0.440. The highest BCUT2D eigenvalue weighted by Gasteiger charge is 2.49. The smallest absolute Gasteiger partial charge is 0.282 e. The summed E-state index contributed by atoms with van der Waals surface area (Å²) < 4.78 is 30.1. The molecule has 12 nitrogen and oxygen atoms in total. The lowest BCUT2D eigenvalue weighted by Crippen LogP contribution is -2.64. The molecule has 3 aliphatic rings. The van der Waals surface area contributed by atoms with Crippen molar-refractivity contribution in [2.75, 3.05) is 30.4 Å². The third-order valence-corrected chi connectivity index (χ3v) is 10.1. The number of hydrogen-bond acceptors (Lipinski definition) is 9. The Bertz CT molecular complexity index is 1470. The van der Waals surface area contributed by atoms with Crippen LogP contribution in [0.15, 0.2) is 30.5 Å². The summed E-state index contributed by atoms with van der Waals surface area (Å²) in [6, 6.07) is 9.64. The van der Waals surface area contributed by atoms with Crippen LogP contribution in [-0.2, 0) is 16.8 Å². The molecule has 3 atom stereocenters. The average Bonchev–Trinajstić information content (AvgIpc) is 3.34. The van der Waals surface area contributed by atoms with E-state index in [0.717, 1.165) is 36.0 Å². The SMILES string of the molecule is CN(c1cc2ncccc2c(Nc2cc(CO)[nH]n2)n1)[C@@H]1C[C@H]2CCC[C@@H](C1)N2S(=O)(=O)N1CC(C#N)C1. The number of hydrogen-bond donors (Lipinski definition) is 3. The zero-order valence-corrected chi connectivity index (χ0v) is 22.0. The second-order valence-electron chi connectivity index (χ2n) is 10.4. The molecule has 0 saturated carbocycles. The van der Waals surface area contributed by atoms with E-state index >= 15 is 0 Å². The van der Waals surface area contributed by atoms with Crippen LogP contribution in [0, 0.1) is 17.2 Å². The maximum absolute atomic E-state index is 13.5. The first-order valence-electron chi connectivity index (χ1n) is 13.0. The number of piperidine rings is 2. The molecule has 3 aromatic rings. The van der Waals surface area contributed by atoms with Crippen molar-refractivity contribution in [2.24, 2.45) is 5.92 Å². The van der Waals surface area contributed by atoms with Crippen molar-refractivity contribution in [2.45, 2.75) is 56.8 Å². The van der Waals surface area contributed by atoms with Gasteiger partial charge in [-0.2, -0.15) is 27.4 Å². The van der Waals surface area contributed by atoms with E-state index < -0.39 is 10.2 Å². The van der Waals surface area contributed by atoms with Crippen molar-refractivity contribution in [3.05, 3.63) is 36.2 Å². The van der Waals surface area contributed by atoms with Gasteiger partial charge >= 0.3 is 0 Å². The zero-order valence-electron chi connectivity index (χ0n) is 21.2. The van der Waals surface area contributed by atoms with Gasteiger partial charge in [-0.25, -0.2) is 4.98 Å². The second-order valence-corrected chi connectivity index (χ2v) is 12.2. The van der Waals surface area contributed by atoms with Crippen molar-refractivity contribution in [1.82, 2.24) is 28.8 Å². The molecule has 0 amide bonds. The van der Waals surface area contributed by atoms with Gasteiger partial charge in [0.05, 0.1) is 29.8 Å². The van der Waals surface area contributed by atoms with Gasteiger partial charge in [-0.05, 0) is 37.8 Å². The molecule has 3 fully saturated rings. The van der Waals surface area contributed by atoms with Crippen LogP contribution in [0.25, 0.3) is 10.9 Å². The van der Waals surface area contributed by atoms with Gasteiger partial charge < -0.3 is 15.3 Å². The maximum Gasteiger partial charge on any atom is 0.282 e. The summed E-state index contributed by atoms with van der Waals surface area (Å²) in [4.78, 5) is 11.6. The fourth-order valence-electron chi connectivity index (χ4n) is 6.00. The molecular formula is C25H31N9O3S. The molecule has 6 rings (SSSR count). The second kappa shape index (κ2) is 9.77. The van der Waals surface area contributed by atoms with Crippen LogP contribution < -0.4 is 10.2 Å². The van der Waals surface area contributed by atoms with Crippen molar-refractivity contribution < 1.29 is 13.5 Å². The number of H-pyrrole nitrogens is 1. The van der Waals surface area contributed by atoms with Crippen LogP contribution in [0.4, 0.5) is 17.5 Å². The molecule has 3 aromatic heterocycles. The minimum absolute atomic E-state index is 0.0711. The highest BCUT2D eigenvalue weighted by molar-refractivity contribution is 7.86. The number of aliphatic hydroxyl groups is 1. The zero-order chi connectivity index (χ0) is 26.4. The Morgan fingerprint density at radius 1 is 1.26 bits per heavy atom. The molecule has 0 unspecified atom stereocenters. The summed E-state index contributed by atoms with van der Waals surface area (Å²) in [5.74, 6) is 1.69. The molecule has 6 heterocycles. The van der Waals surface area contributed by atoms with Crippen LogP contribution in [-0.4, -0.2) is 80.6 Å². The third-order valence-electron chi connectivity index (χ3n) is 8.05. The molecular weight excluding hydrogens is 506 g/mol. The third kappa shape index (κ3) is 4.37. The molecule has 3 aliphatic heterocycles. The van der Waals surface area contributed by atoms with Gasteiger partial charge in [0.15, 0.2) is 5.82 Å². The number of nitrogens with zero attached hydrogens (tertiary/aromatic N) is 7. The number of nitriles is 1. The number of aromatic amines is 1. The van der Waals surface area contributed by atoms with Crippen LogP contribution in [0.3, 0.4) is 0 Å². The van der Waals surface area contributed by atoms with Gasteiger partial charge in [-0.3, -0.25) is 10.1 Å². The Balaban J connectivity index is 1.26. The highest BCUT2D eigenvalue weighted by atomic mass is 32.2. The fourth-order valence-corrected chi connectivity index (χ4v) is 8.14. The van der Waals surface area contributed by atoms with Crippen LogP contribution in [0.1, 0.15) is 37.8 Å². The molecule has 200 valence electrons. The quantitative estimate of drug-likeness (QED) is 0.411. The molecule has 3 saturated heterocycles. The Morgan fingerprint density at radius 2 is 2.03 bits per heavy atom. The number of anilines is 3. The Hall–Kier alpha value is -3.31. The van der Waals surface area contributed by atoms with Crippen molar-refractivity contribution in [3.8, 4) is 6.07 Å². The average molecular weight is 538 g/mol. The first-order chi connectivity index (χ1) is 18.4. The lowest BCUT2D eigenvalue weighted by atomic mass is 9.83. The number of pyridine rings is 2. The Labute approximate surface area is 221 Å². The Kier molecular flexibility index (Phi) is 6.43. The lowest BCUT2D eigenvalue weighted by molar-refractivity contribution is 0.0932. The van der Waals surface area contributed by atoms with Gasteiger partial charge in [0.2, 0.25) is 0 Å². The minimum Gasteiger partial charge on any atom is -0.390 e. The van der Waals surface area contributed by atoms with E-state index in [1.54, 1.807) is 16.6 Å². The lowest BCUT2D eigenvalue weighted by Gasteiger charge is -2.52. The van der Waals surface area contributed by atoms with Gasteiger partial charge in [0.1, 0.15) is 11.6 Å². The van der Waals surface area contributed by atoms with Crippen LogP contribution in [0.5, 0.6) is 0 Å². The molecule has 0 aliphatic carbocycles. The van der Waals surface area contributed by atoms with Gasteiger partial charge in [0.25, 0.3) is 10.2 Å². The monoisotopic (exact) mass is 537 g/mol. The molecule has 0 radical (unpaired) electrons. The molecule has 2 bridgehead atoms. The number of aliphatic hydroxyl groups excluding tert-OH is 1. The van der Waals surface area contributed by atoms with E-state index in [-0.39, 0.29) is 43.7 Å². The van der Waals surface area contributed by atoms with E-state index in [4.69, 9.17) is 10.2 Å². The predicted octanol–water partition coefficient (Wildman–Crippen LogP) is 2.11.